The predicted octanol–water partition coefficient (Wildman–Crippen LogP) is 5.77. The lowest BCUT2D eigenvalue weighted by Crippen LogP contribution is -2.49. The molecule has 0 aromatic heterocycles. The number of carboxylic acid groups (broad SMARTS) is 1. The Morgan fingerprint density at radius 2 is 1.79 bits per heavy atom. The van der Waals surface area contributed by atoms with Gasteiger partial charge in [-0.25, -0.2) is 0 Å². The molecule has 2 saturated heterocycles. The highest BCUT2D eigenvalue weighted by atomic mass is 16.5. The normalized spacial score (nSPS) is 32.7. The summed E-state index contributed by atoms with van der Waals surface area (Å²) < 4.78 is 12.5. The van der Waals surface area contributed by atoms with Crippen LogP contribution in [0.25, 0.3) is 0 Å². The molecule has 2 bridgehead atoms. The number of rotatable bonds is 7. The molecule has 4 heteroatoms. The lowest BCUT2D eigenvalue weighted by Gasteiger charge is -2.53. The van der Waals surface area contributed by atoms with E-state index < -0.39 is 5.97 Å². The van der Waals surface area contributed by atoms with E-state index in [1.807, 2.05) is 36.4 Å². The van der Waals surface area contributed by atoms with Gasteiger partial charge in [0, 0.05) is 0 Å². The van der Waals surface area contributed by atoms with Crippen molar-refractivity contribution in [3.63, 3.8) is 0 Å². The van der Waals surface area contributed by atoms with Gasteiger partial charge in [-0.05, 0) is 86.1 Å². The van der Waals surface area contributed by atoms with Crippen LogP contribution >= 0.6 is 0 Å². The zero-order valence-electron chi connectivity index (χ0n) is 16.7. The van der Waals surface area contributed by atoms with Gasteiger partial charge in [0.15, 0.2) is 0 Å². The largest absolute Gasteiger partial charge is 0.481 e. The van der Waals surface area contributed by atoms with Gasteiger partial charge in [0.05, 0.1) is 18.1 Å². The molecule has 2 aliphatic carbocycles. The van der Waals surface area contributed by atoms with E-state index in [0.717, 1.165) is 50.2 Å². The Morgan fingerprint density at radius 3 is 2.45 bits per heavy atom. The van der Waals surface area contributed by atoms with Crippen LogP contribution in [0.15, 0.2) is 54.6 Å². The summed E-state index contributed by atoms with van der Waals surface area (Å²) in [6, 6.07) is 18.2. The van der Waals surface area contributed by atoms with Crippen molar-refractivity contribution in [1.29, 1.82) is 0 Å². The summed E-state index contributed by atoms with van der Waals surface area (Å²) in [5.41, 5.74) is 1.28. The first-order valence-electron chi connectivity index (χ1n) is 10.8. The summed E-state index contributed by atoms with van der Waals surface area (Å²) >= 11 is 0. The Kier molecular flexibility index (Phi) is 4.62. The molecule has 2 aromatic carbocycles. The molecule has 6 rings (SSSR count). The van der Waals surface area contributed by atoms with Crippen molar-refractivity contribution >= 4 is 5.97 Å². The van der Waals surface area contributed by atoms with Crippen molar-refractivity contribution in [2.45, 2.75) is 50.5 Å². The predicted molar refractivity (Wildman–Crippen MR) is 110 cm³/mol. The second-order valence-corrected chi connectivity index (χ2v) is 9.21. The van der Waals surface area contributed by atoms with Crippen molar-refractivity contribution in [3.05, 3.63) is 60.2 Å². The first kappa shape index (κ1) is 18.7. The van der Waals surface area contributed by atoms with E-state index in [-0.39, 0.29) is 16.9 Å². The van der Waals surface area contributed by atoms with Gasteiger partial charge in [-0.1, -0.05) is 30.3 Å². The van der Waals surface area contributed by atoms with E-state index in [0.29, 0.717) is 5.92 Å². The molecular weight excluding hydrogens is 364 g/mol. The molecule has 4 aliphatic rings. The molecule has 2 saturated carbocycles. The van der Waals surface area contributed by atoms with E-state index >= 15 is 0 Å². The third kappa shape index (κ3) is 3.66. The first-order chi connectivity index (χ1) is 14.1. The maximum absolute atomic E-state index is 11.1. The number of carbonyl (C=O) groups is 1. The number of para-hydroxylation sites is 1. The standard InChI is InChI=1S/C25H28O4/c26-23(27)22-15-18(22)9-10-24-11-13-25(14-12-24,28-17-24)19-5-4-8-21(16-19)29-20-6-2-1-3-7-20/h1-8,16,18,22H,9-15,17H2,(H,26,27). The van der Waals surface area contributed by atoms with Crippen LogP contribution in [0.1, 0.15) is 50.5 Å². The van der Waals surface area contributed by atoms with Gasteiger partial charge < -0.3 is 14.6 Å². The molecule has 4 nitrogen and oxygen atoms in total. The molecule has 2 heterocycles. The van der Waals surface area contributed by atoms with Crippen LogP contribution in [0.2, 0.25) is 0 Å². The van der Waals surface area contributed by atoms with Crippen molar-refractivity contribution in [2.75, 3.05) is 6.61 Å². The lowest BCUT2D eigenvalue weighted by molar-refractivity contribution is -0.192. The fourth-order valence-corrected chi connectivity index (χ4v) is 5.29. The molecule has 1 N–H and O–H groups in total. The minimum absolute atomic E-state index is 0.0917. The summed E-state index contributed by atoms with van der Waals surface area (Å²) in [4.78, 5) is 11.1. The number of hydrogen-bond donors (Lipinski definition) is 1. The quantitative estimate of drug-likeness (QED) is 0.650. The molecule has 2 unspecified atom stereocenters. The number of fused-ring (bicyclic) bond motifs is 3. The highest BCUT2D eigenvalue weighted by Crippen LogP contribution is 2.57. The summed E-state index contributed by atoms with van der Waals surface area (Å²) in [7, 11) is 0. The van der Waals surface area contributed by atoms with Crippen molar-refractivity contribution < 1.29 is 19.4 Å². The molecule has 0 radical (unpaired) electrons. The van der Waals surface area contributed by atoms with Gasteiger partial charge >= 0.3 is 5.97 Å². The number of aliphatic carboxylic acids is 1. The molecule has 2 atom stereocenters. The number of hydrogen-bond acceptors (Lipinski definition) is 3. The Morgan fingerprint density at radius 1 is 1.03 bits per heavy atom. The maximum Gasteiger partial charge on any atom is 0.306 e. The summed E-state index contributed by atoms with van der Waals surface area (Å²) in [6.45, 7) is 0.793. The van der Waals surface area contributed by atoms with Gasteiger partial charge in [-0.2, -0.15) is 0 Å². The average Bonchev–Trinajstić information content (AvgIpc) is 3.55. The molecule has 29 heavy (non-hydrogen) atoms. The van der Waals surface area contributed by atoms with Crippen molar-refractivity contribution in [1.82, 2.24) is 0 Å². The first-order valence-corrected chi connectivity index (χ1v) is 10.8. The van der Waals surface area contributed by atoms with Crippen molar-refractivity contribution in [3.8, 4) is 11.5 Å². The minimum atomic E-state index is -0.618. The monoisotopic (exact) mass is 392 g/mol. The molecule has 0 spiro atoms. The van der Waals surface area contributed by atoms with Crippen LogP contribution < -0.4 is 4.74 Å². The van der Waals surface area contributed by atoms with Gasteiger partial charge in [-0.15, -0.1) is 0 Å². The highest BCUT2D eigenvalue weighted by Gasteiger charge is 2.52. The summed E-state index contributed by atoms with van der Waals surface area (Å²) in [5, 5.41) is 9.13. The molecule has 4 fully saturated rings. The highest BCUT2D eigenvalue weighted by molar-refractivity contribution is 5.73. The molecule has 2 aromatic rings. The van der Waals surface area contributed by atoms with E-state index in [2.05, 4.69) is 18.2 Å². The third-order valence-corrected chi connectivity index (χ3v) is 7.40. The topological polar surface area (TPSA) is 55.8 Å². The van der Waals surface area contributed by atoms with Crippen LogP contribution in [0.5, 0.6) is 11.5 Å². The Bertz CT molecular complexity index is 866. The average molecular weight is 392 g/mol. The maximum atomic E-state index is 11.1. The van der Waals surface area contributed by atoms with Gasteiger partial charge in [0.2, 0.25) is 0 Å². The van der Waals surface area contributed by atoms with Crippen LogP contribution in [-0.2, 0) is 15.1 Å². The smallest absolute Gasteiger partial charge is 0.306 e. The van der Waals surface area contributed by atoms with Crippen LogP contribution in [-0.4, -0.2) is 17.7 Å². The minimum Gasteiger partial charge on any atom is -0.481 e. The van der Waals surface area contributed by atoms with Gasteiger partial charge in [-0.3, -0.25) is 4.79 Å². The summed E-state index contributed by atoms with van der Waals surface area (Å²) in [6.07, 6.45) is 7.42. The third-order valence-electron chi connectivity index (χ3n) is 7.40. The van der Waals surface area contributed by atoms with E-state index in [1.165, 1.54) is 18.4 Å². The van der Waals surface area contributed by atoms with Crippen LogP contribution in [0, 0.1) is 17.3 Å². The van der Waals surface area contributed by atoms with Crippen molar-refractivity contribution in [2.24, 2.45) is 17.3 Å². The molecule has 152 valence electrons. The fourth-order valence-electron chi connectivity index (χ4n) is 5.29. The molecule has 0 amide bonds. The van der Waals surface area contributed by atoms with E-state index in [1.54, 1.807) is 0 Å². The number of benzene rings is 2. The SMILES string of the molecule is O=C(O)C1CC1CCC12CCC(c3cccc(Oc4ccccc4)c3)(CC1)OC2. The van der Waals surface area contributed by atoms with Gasteiger partial charge in [0.1, 0.15) is 11.5 Å². The van der Waals surface area contributed by atoms with Crippen LogP contribution in [0.4, 0.5) is 0 Å². The van der Waals surface area contributed by atoms with Gasteiger partial charge in [0.25, 0.3) is 0 Å². The van der Waals surface area contributed by atoms with E-state index in [9.17, 15) is 4.79 Å². The lowest BCUT2D eigenvalue weighted by atomic mass is 9.62. The van der Waals surface area contributed by atoms with E-state index in [4.69, 9.17) is 14.6 Å². The molecule has 2 aliphatic heterocycles. The number of carboxylic acids is 1. The second kappa shape index (κ2) is 7.17. The Balaban J connectivity index is 1.24. The summed E-state index contributed by atoms with van der Waals surface area (Å²) in [5.74, 6) is 1.37. The Labute approximate surface area is 171 Å². The fraction of sp³-hybridized carbons (Fsp3) is 0.480. The second-order valence-electron chi connectivity index (χ2n) is 9.21. The van der Waals surface area contributed by atoms with Crippen LogP contribution in [0.3, 0.4) is 0 Å². The zero-order valence-corrected chi connectivity index (χ0v) is 16.7. The Hall–Kier alpha value is -2.33. The zero-order chi connectivity index (χ0) is 19.9. The number of ether oxygens (including phenoxy) is 2. The molecular formula is C25H28O4.